The van der Waals surface area contributed by atoms with Gasteiger partial charge in [-0.15, -0.1) is 0 Å². The summed E-state index contributed by atoms with van der Waals surface area (Å²) in [7, 11) is 2.21. The number of likely N-dealkylation sites (N-methyl/N-ethyl adjacent to an activating group) is 1. The van der Waals surface area contributed by atoms with Crippen LogP contribution >= 0.6 is 0 Å². The second-order valence-corrected chi connectivity index (χ2v) is 5.68. The highest BCUT2D eigenvalue weighted by atomic mass is 15.3. The Morgan fingerprint density at radius 1 is 1.26 bits per heavy atom. The maximum atomic E-state index is 6.00. The molecule has 0 aromatic heterocycles. The van der Waals surface area contributed by atoms with Crippen LogP contribution in [-0.4, -0.2) is 43.7 Å². The first-order chi connectivity index (χ1) is 9.15. The molecule has 2 N–H and O–H groups in total. The fourth-order valence-corrected chi connectivity index (χ4v) is 2.80. The SMILES string of the molecule is CCc1ccc(N2CCC(C)N(C)CC2CN)cc1. The number of anilines is 1. The van der Waals surface area contributed by atoms with Crippen LogP contribution in [0.25, 0.3) is 0 Å². The lowest BCUT2D eigenvalue weighted by Gasteiger charge is -2.32. The lowest BCUT2D eigenvalue weighted by Crippen LogP contribution is -2.45. The molecule has 1 aliphatic rings. The summed E-state index contributed by atoms with van der Waals surface area (Å²) < 4.78 is 0. The maximum Gasteiger partial charge on any atom is 0.0539 e. The zero-order valence-corrected chi connectivity index (χ0v) is 12.5. The molecule has 106 valence electrons. The molecule has 0 bridgehead atoms. The minimum absolute atomic E-state index is 0.419. The van der Waals surface area contributed by atoms with Crippen LogP contribution in [0.2, 0.25) is 0 Å². The van der Waals surface area contributed by atoms with Gasteiger partial charge in [-0.1, -0.05) is 19.1 Å². The number of nitrogens with zero attached hydrogens (tertiary/aromatic N) is 2. The molecule has 1 aromatic carbocycles. The first kappa shape index (κ1) is 14.4. The second-order valence-electron chi connectivity index (χ2n) is 5.68. The third kappa shape index (κ3) is 3.28. The molecule has 1 saturated heterocycles. The van der Waals surface area contributed by atoms with Gasteiger partial charge in [0.25, 0.3) is 0 Å². The number of hydrogen-bond acceptors (Lipinski definition) is 3. The summed E-state index contributed by atoms with van der Waals surface area (Å²) in [4.78, 5) is 4.91. The predicted octanol–water partition coefficient (Wildman–Crippen LogP) is 2.11. The second kappa shape index (κ2) is 6.40. The number of rotatable bonds is 3. The Kier molecular flexibility index (Phi) is 4.83. The van der Waals surface area contributed by atoms with E-state index in [1.807, 2.05) is 0 Å². The van der Waals surface area contributed by atoms with E-state index in [9.17, 15) is 0 Å². The highest BCUT2D eigenvalue weighted by molar-refractivity contribution is 5.49. The van der Waals surface area contributed by atoms with Gasteiger partial charge in [-0.05, 0) is 44.5 Å². The Morgan fingerprint density at radius 3 is 2.53 bits per heavy atom. The molecule has 0 saturated carbocycles. The third-order valence-corrected chi connectivity index (χ3v) is 4.43. The summed E-state index contributed by atoms with van der Waals surface area (Å²) in [5.41, 5.74) is 8.71. The fraction of sp³-hybridized carbons (Fsp3) is 0.625. The zero-order chi connectivity index (χ0) is 13.8. The van der Waals surface area contributed by atoms with Crippen molar-refractivity contribution in [2.75, 3.05) is 31.6 Å². The molecule has 1 aliphatic heterocycles. The number of benzene rings is 1. The smallest absolute Gasteiger partial charge is 0.0539 e. The summed E-state index contributed by atoms with van der Waals surface area (Å²) in [5.74, 6) is 0. The van der Waals surface area contributed by atoms with Crippen molar-refractivity contribution in [3.05, 3.63) is 29.8 Å². The Bertz CT molecular complexity index is 387. The highest BCUT2D eigenvalue weighted by Crippen LogP contribution is 2.22. The van der Waals surface area contributed by atoms with Gasteiger partial charge in [-0.25, -0.2) is 0 Å². The van der Waals surface area contributed by atoms with E-state index in [2.05, 4.69) is 55.0 Å². The van der Waals surface area contributed by atoms with E-state index in [0.29, 0.717) is 18.6 Å². The van der Waals surface area contributed by atoms with Crippen LogP contribution in [0.5, 0.6) is 0 Å². The molecule has 3 nitrogen and oxygen atoms in total. The molecule has 1 heterocycles. The van der Waals surface area contributed by atoms with Gasteiger partial charge in [0.15, 0.2) is 0 Å². The monoisotopic (exact) mass is 261 g/mol. The van der Waals surface area contributed by atoms with Crippen LogP contribution in [-0.2, 0) is 6.42 Å². The molecule has 19 heavy (non-hydrogen) atoms. The molecular formula is C16H27N3. The average molecular weight is 261 g/mol. The summed E-state index contributed by atoms with van der Waals surface area (Å²) >= 11 is 0. The molecule has 0 radical (unpaired) electrons. The third-order valence-electron chi connectivity index (χ3n) is 4.43. The van der Waals surface area contributed by atoms with Gasteiger partial charge in [-0.2, -0.15) is 0 Å². The minimum Gasteiger partial charge on any atom is -0.366 e. The van der Waals surface area contributed by atoms with Gasteiger partial charge >= 0.3 is 0 Å². The topological polar surface area (TPSA) is 32.5 Å². The normalized spacial score (nSPS) is 25.4. The molecule has 3 heteroatoms. The van der Waals surface area contributed by atoms with E-state index in [0.717, 1.165) is 19.5 Å². The van der Waals surface area contributed by atoms with Crippen LogP contribution in [0, 0.1) is 0 Å². The minimum atomic E-state index is 0.419. The Balaban J connectivity index is 2.19. The average Bonchev–Trinajstić information content (AvgIpc) is 2.59. The maximum absolute atomic E-state index is 6.00. The summed E-state index contributed by atoms with van der Waals surface area (Å²) in [6.45, 7) is 7.36. The first-order valence-corrected chi connectivity index (χ1v) is 7.41. The first-order valence-electron chi connectivity index (χ1n) is 7.41. The van der Waals surface area contributed by atoms with Gasteiger partial charge in [0.05, 0.1) is 6.04 Å². The van der Waals surface area contributed by atoms with Crippen LogP contribution in [0.1, 0.15) is 25.8 Å². The lowest BCUT2D eigenvalue weighted by atomic mass is 10.1. The van der Waals surface area contributed by atoms with Crippen molar-refractivity contribution >= 4 is 5.69 Å². The highest BCUT2D eigenvalue weighted by Gasteiger charge is 2.25. The number of aryl methyl sites for hydroxylation is 1. The van der Waals surface area contributed by atoms with Gasteiger partial charge < -0.3 is 15.5 Å². The number of nitrogens with two attached hydrogens (primary N) is 1. The molecule has 2 atom stereocenters. The predicted molar refractivity (Wildman–Crippen MR) is 82.7 cm³/mol. The summed E-state index contributed by atoms with van der Waals surface area (Å²) in [5, 5.41) is 0. The van der Waals surface area contributed by atoms with Crippen molar-refractivity contribution in [2.45, 2.75) is 38.8 Å². The van der Waals surface area contributed by atoms with Crippen molar-refractivity contribution < 1.29 is 0 Å². The Labute approximate surface area is 117 Å². The van der Waals surface area contributed by atoms with Crippen LogP contribution in [0.15, 0.2) is 24.3 Å². The van der Waals surface area contributed by atoms with E-state index < -0.39 is 0 Å². The van der Waals surface area contributed by atoms with Crippen LogP contribution < -0.4 is 10.6 Å². The van der Waals surface area contributed by atoms with Crippen molar-refractivity contribution in [3.8, 4) is 0 Å². The lowest BCUT2D eigenvalue weighted by molar-refractivity contribution is 0.256. The summed E-state index contributed by atoms with van der Waals surface area (Å²) in [6.07, 6.45) is 2.29. The standard InChI is InChI=1S/C16H27N3/c1-4-14-5-7-15(8-6-14)19-10-9-13(2)18(3)12-16(19)11-17/h5-8,13,16H,4,9-12,17H2,1-3H3. The Hall–Kier alpha value is -1.06. The van der Waals surface area contributed by atoms with Crippen molar-refractivity contribution in [1.82, 2.24) is 4.90 Å². The molecule has 2 rings (SSSR count). The molecular weight excluding hydrogens is 234 g/mol. The van der Waals surface area contributed by atoms with Gasteiger partial charge in [0, 0.05) is 31.4 Å². The van der Waals surface area contributed by atoms with E-state index in [-0.39, 0.29) is 0 Å². The van der Waals surface area contributed by atoms with Crippen LogP contribution in [0.4, 0.5) is 5.69 Å². The molecule has 2 unspecified atom stereocenters. The van der Waals surface area contributed by atoms with E-state index >= 15 is 0 Å². The molecule has 1 fully saturated rings. The quantitative estimate of drug-likeness (QED) is 0.904. The number of hydrogen-bond donors (Lipinski definition) is 1. The van der Waals surface area contributed by atoms with Gasteiger partial charge in [0.1, 0.15) is 0 Å². The van der Waals surface area contributed by atoms with Crippen molar-refractivity contribution in [1.29, 1.82) is 0 Å². The van der Waals surface area contributed by atoms with E-state index in [1.54, 1.807) is 0 Å². The largest absolute Gasteiger partial charge is 0.366 e. The van der Waals surface area contributed by atoms with E-state index in [4.69, 9.17) is 5.73 Å². The molecule has 0 spiro atoms. The van der Waals surface area contributed by atoms with Crippen LogP contribution in [0.3, 0.4) is 0 Å². The summed E-state index contributed by atoms with van der Waals surface area (Å²) in [6, 6.07) is 10.0. The molecule has 1 aromatic rings. The zero-order valence-electron chi connectivity index (χ0n) is 12.5. The van der Waals surface area contributed by atoms with Gasteiger partial charge in [-0.3, -0.25) is 0 Å². The fourth-order valence-electron chi connectivity index (χ4n) is 2.80. The molecule has 0 amide bonds. The van der Waals surface area contributed by atoms with Gasteiger partial charge in [0.2, 0.25) is 0 Å². The van der Waals surface area contributed by atoms with E-state index in [1.165, 1.54) is 17.7 Å². The molecule has 0 aliphatic carbocycles. The van der Waals surface area contributed by atoms with Crippen molar-refractivity contribution in [2.24, 2.45) is 5.73 Å². The van der Waals surface area contributed by atoms with Crippen molar-refractivity contribution in [3.63, 3.8) is 0 Å². The Morgan fingerprint density at radius 2 is 1.95 bits per heavy atom.